The molecule has 0 saturated carbocycles. The van der Waals surface area contributed by atoms with Gasteiger partial charge < -0.3 is 9.15 Å². The molecule has 0 radical (unpaired) electrons. The Labute approximate surface area is 124 Å². The summed E-state index contributed by atoms with van der Waals surface area (Å²) in [5.74, 6) is 0.430. The Kier molecular flexibility index (Phi) is 4.95. The van der Waals surface area contributed by atoms with Crippen LogP contribution in [0.3, 0.4) is 0 Å². The molecular weight excluding hydrogens is 324 g/mol. The van der Waals surface area contributed by atoms with Gasteiger partial charge in [0.25, 0.3) is 0 Å². The van der Waals surface area contributed by atoms with Crippen molar-refractivity contribution >= 4 is 32.7 Å². The summed E-state index contributed by atoms with van der Waals surface area (Å²) >= 11 is 3.39. The highest BCUT2D eigenvalue weighted by molar-refractivity contribution is 9.10. The molecule has 0 amide bonds. The molecule has 5 heteroatoms. The Morgan fingerprint density at radius 2 is 2.10 bits per heavy atom. The van der Waals surface area contributed by atoms with Gasteiger partial charge in [-0.05, 0) is 42.5 Å². The van der Waals surface area contributed by atoms with Crippen molar-refractivity contribution in [2.45, 2.75) is 25.7 Å². The molecule has 0 fully saturated rings. The third-order valence-corrected chi connectivity index (χ3v) is 3.55. The van der Waals surface area contributed by atoms with Crippen molar-refractivity contribution < 1.29 is 13.9 Å². The minimum atomic E-state index is -0.321. The summed E-state index contributed by atoms with van der Waals surface area (Å²) in [6.45, 7) is 0. The number of methoxy groups -OCH3 is 1. The quantitative estimate of drug-likeness (QED) is 0.619. The Morgan fingerprint density at radius 3 is 2.85 bits per heavy atom. The third kappa shape index (κ3) is 3.70. The fourth-order valence-electron chi connectivity index (χ4n) is 2.01. The van der Waals surface area contributed by atoms with Crippen LogP contribution >= 0.6 is 15.9 Å². The van der Waals surface area contributed by atoms with Crippen LogP contribution in [-0.2, 0) is 16.0 Å². The maximum Gasteiger partial charge on any atom is 0.343 e. The summed E-state index contributed by atoms with van der Waals surface area (Å²) in [5.41, 5.74) is -0.321. The Morgan fingerprint density at radius 1 is 1.30 bits per heavy atom. The number of benzene rings is 1. The molecule has 0 aliphatic rings. The molecule has 0 bridgehead atoms. The van der Waals surface area contributed by atoms with Gasteiger partial charge in [-0.1, -0.05) is 15.9 Å². The van der Waals surface area contributed by atoms with E-state index in [1.54, 1.807) is 6.07 Å². The largest absolute Gasteiger partial charge is 0.469 e. The van der Waals surface area contributed by atoms with Gasteiger partial charge in [0.1, 0.15) is 5.76 Å². The molecule has 106 valence electrons. The fourth-order valence-corrected chi connectivity index (χ4v) is 2.39. The second-order valence-electron chi connectivity index (χ2n) is 4.51. The third-order valence-electron chi connectivity index (χ3n) is 3.06. The zero-order valence-electron chi connectivity index (χ0n) is 11.1. The van der Waals surface area contributed by atoms with Crippen molar-refractivity contribution in [3.63, 3.8) is 0 Å². The van der Waals surface area contributed by atoms with Gasteiger partial charge in [0.15, 0.2) is 0 Å². The number of ether oxygens (including phenoxy) is 1. The van der Waals surface area contributed by atoms with E-state index in [-0.39, 0.29) is 11.6 Å². The van der Waals surface area contributed by atoms with Crippen molar-refractivity contribution in [2.75, 3.05) is 7.11 Å². The Hall–Kier alpha value is -1.62. The molecule has 0 aliphatic heterocycles. The first-order chi connectivity index (χ1) is 9.60. The van der Waals surface area contributed by atoms with Crippen LogP contribution in [-0.4, -0.2) is 13.1 Å². The first-order valence-corrected chi connectivity index (χ1v) is 7.18. The zero-order chi connectivity index (χ0) is 14.5. The van der Waals surface area contributed by atoms with E-state index in [1.165, 1.54) is 7.11 Å². The first kappa shape index (κ1) is 14.8. The highest BCUT2D eigenvalue weighted by Gasteiger charge is 2.06. The summed E-state index contributed by atoms with van der Waals surface area (Å²) in [7, 11) is 1.38. The topological polar surface area (TPSA) is 56.5 Å². The number of aryl methyl sites for hydroxylation is 1. The van der Waals surface area contributed by atoms with Crippen LogP contribution in [0.25, 0.3) is 10.8 Å². The lowest BCUT2D eigenvalue weighted by Crippen LogP contribution is -2.03. The number of esters is 1. The SMILES string of the molecule is COC(=O)CCCCc1cc2cc(Br)ccc2c(=O)o1. The second-order valence-corrected chi connectivity index (χ2v) is 5.43. The van der Waals surface area contributed by atoms with E-state index in [9.17, 15) is 9.59 Å². The number of fused-ring (bicyclic) bond motifs is 1. The maximum absolute atomic E-state index is 11.8. The van der Waals surface area contributed by atoms with Gasteiger partial charge in [-0.25, -0.2) is 4.79 Å². The average Bonchev–Trinajstić information content (AvgIpc) is 2.42. The standard InChI is InChI=1S/C15H15BrO4/c1-19-14(17)5-3-2-4-12-9-10-8-11(16)6-7-13(10)15(18)20-12/h6-9H,2-5H2,1H3. The molecule has 2 rings (SSSR count). The number of hydrogen-bond acceptors (Lipinski definition) is 4. The molecule has 0 N–H and O–H groups in total. The molecule has 20 heavy (non-hydrogen) atoms. The number of carbonyl (C=O) groups excluding carboxylic acids is 1. The molecule has 1 aromatic carbocycles. The van der Waals surface area contributed by atoms with Gasteiger partial charge in [0, 0.05) is 17.3 Å². The van der Waals surface area contributed by atoms with Crippen molar-refractivity contribution in [3.05, 3.63) is 44.9 Å². The lowest BCUT2D eigenvalue weighted by atomic mass is 10.1. The average molecular weight is 339 g/mol. The highest BCUT2D eigenvalue weighted by Crippen LogP contribution is 2.19. The molecule has 1 aromatic heterocycles. The van der Waals surface area contributed by atoms with E-state index in [4.69, 9.17) is 4.42 Å². The van der Waals surface area contributed by atoms with E-state index < -0.39 is 0 Å². The number of carbonyl (C=O) groups is 1. The van der Waals surface area contributed by atoms with Crippen molar-refractivity contribution in [1.29, 1.82) is 0 Å². The minimum Gasteiger partial charge on any atom is -0.469 e. The van der Waals surface area contributed by atoms with Gasteiger partial charge in [0.2, 0.25) is 0 Å². The minimum absolute atomic E-state index is 0.214. The molecule has 0 unspecified atom stereocenters. The number of hydrogen-bond donors (Lipinski definition) is 0. The van der Waals surface area contributed by atoms with Crippen LogP contribution < -0.4 is 5.63 Å². The van der Waals surface area contributed by atoms with E-state index in [0.29, 0.717) is 30.4 Å². The normalized spacial score (nSPS) is 10.7. The van der Waals surface area contributed by atoms with E-state index in [1.807, 2.05) is 18.2 Å². The van der Waals surface area contributed by atoms with Crippen LogP contribution in [0.4, 0.5) is 0 Å². The number of halogens is 1. The van der Waals surface area contributed by atoms with Crippen molar-refractivity contribution in [1.82, 2.24) is 0 Å². The molecular formula is C15H15BrO4. The maximum atomic E-state index is 11.8. The van der Waals surface area contributed by atoms with Gasteiger partial charge >= 0.3 is 11.6 Å². The van der Waals surface area contributed by atoms with Crippen LogP contribution in [0.1, 0.15) is 25.0 Å². The summed E-state index contributed by atoms with van der Waals surface area (Å²) in [6, 6.07) is 7.32. The van der Waals surface area contributed by atoms with E-state index >= 15 is 0 Å². The predicted molar refractivity (Wildman–Crippen MR) is 79.8 cm³/mol. The first-order valence-electron chi connectivity index (χ1n) is 6.39. The lowest BCUT2D eigenvalue weighted by Gasteiger charge is -2.03. The summed E-state index contributed by atoms with van der Waals surface area (Å²) in [5, 5.41) is 1.44. The zero-order valence-corrected chi connectivity index (χ0v) is 12.7. The summed E-state index contributed by atoms with van der Waals surface area (Å²) in [6.07, 6.45) is 2.51. The summed E-state index contributed by atoms with van der Waals surface area (Å²) in [4.78, 5) is 22.8. The second kappa shape index (κ2) is 6.70. The van der Waals surface area contributed by atoms with Crippen LogP contribution in [0.2, 0.25) is 0 Å². The van der Waals surface area contributed by atoms with Crippen LogP contribution in [0.15, 0.2) is 37.9 Å². The molecule has 0 aliphatic carbocycles. The number of rotatable bonds is 5. The molecule has 1 heterocycles. The summed E-state index contributed by atoms with van der Waals surface area (Å²) < 4.78 is 10.8. The fraction of sp³-hybridized carbons (Fsp3) is 0.333. The lowest BCUT2D eigenvalue weighted by molar-refractivity contribution is -0.140. The van der Waals surface area contributed by atoms with Crippen LogP contribution in [0.5, 0.6) is 0 Å². The molecule has 2 aromatic rings. The molecule has 4 nitrogen and oxygen atoms in total. The molecule has 0 spiro atoms. The van der Waals surface area contributed by atoms with E-state index in [0.717, 1.165) is 16.3 Å². The smallest absolute Gasteiger partial charge is 0.343 e. The molecule has 0 saturated heterocycles. The van der Waals surface area contributed by atoms with Gasteiger partial charge in [0.05, 0.1) is 12.5 Å². The highest BCUT2D eigenvalue weighted by atomic mass is 79.9. The molecule has 0 atom stereocenters. The Bertz CT molecular complexity index is 675. The predicted octanol–water partition coefficient (Wildman–Crippen LogP) is 3.44. The Balaban J connectivity index is 2.07. The van der Waals surface area contributed by atoms with Gasteiger partial charge in [-0.2, -0.15) is 0 Å². The van der Waals surface area contributed by atoms with Crippen molar-refractivity contribution in [2.24, 2.45) is 0 Å². The van der Waals surface area contributed by atoms with Gasteiger partial charge in [-0.3, -0.25) is 4.79 Å². The monoisotopic (exact) mass is 338 g/mol. The van der Waals surface area contributed by atoms with Gasteiger partial charge in [-0.15, -0.1) is 0 Å². The van der Waals surface area contributed by atoms with Crippen molar-refractivity contribution in [3.8, 4) is 0 Å². The van der Waals surface area contributed by atoms with Crippen LogP contribution in [0, 0.1) is 0 Å². The number of unbranched alkanes of at least 4 members (excludes halogenated alkanes) is 1. The van der Waals surface area contributed by atoms with E-state index in [2.05, 4.69) is 20.7 Å².